The maximum atomic E-state index is 12.6. The van der Waals surface area contributed by atoms with Crippen molar-refractivity contribution >= 4 is 18.3 Å². The van der Waals surface area contributed by atoms with Crippen LogP contribution in [0.4, 0.5) is 0 Å². The summed E-state index contributed by atoms with van der Waals surface area (Å²) in [7, 11) is 0. The average molecular weight is 586 g/mol. The molecule has 0 aromatic carbocycles. The quantitative estimate of drug-likeness (QED) is 0.0629. The average Bonchev–Trinajstić information content (AvgIpc) is 2.94. The van der Waals surface area contributed by atoms with E-state index >= 15 is 0 Å². The first-order chi connectivity index (χ1) is 19.3. The van der Waals surface area contributed by atoms with Crippen LogP contribution in [0.1, 0.15) is 194 Å². The number of unbranched alkanes of at least 4 members (excludes halogenated alkanes) is 24. The van der Waals surface area contributed by atoms with Crippen LogP contribution in [0.15, 0.2) is 12.2 Å². The highest BCUT2D eigenvalue weighted by Crippen LogP contribution is 2.14. The third-order valence-electron chi connectivity index (χ3n) is 8.16. The van der Waals surface area contributed by atoms with Gasteiger partial charge in [0.1, 0.15) is 0 Å². The van der Waals surface area contributed by atoms with Crippen LogP contribution >= 0.6 is 12.4 Å². The number of aliphatic hydroxyl groups is 1. The highest BCUT2D eigenvalue weighted by atomic mass is 35.5. The number of hydrogen-bond acceptors (Lipinski definition) is 2. The van der Waals surface area contributed by atoms with Crippen LogP contribution in [-0.2, 0) is 4.79 Å². The molecule has 0 saturated heterocycles. The summed E-state index contributed by atoms with van der Waals surface area (Å²) >= 11 is 0. The minimum absolute atomic E-state index is 0. The standard InChI is InChI=1S/C36H71NO2.ClH/c1-3-5-7-9-11-13-15-17-19-20-22-24-26-28-30-32-36(39)37(34-35-38)33-31-29-27-25-23-21-18-16-14-12-10-8-6-4-2;/h17,19,38H,3-16,18,20-35H2,1-2H3;1H/b19-17-;. The van der Waals surface area contributed by atoms with Gasteiger partial charge in [-0.3, -0.25) is 4.79 Å². The maximum absolute atomic E-state index is 12.6. The number of amides is 1. The molecule has 0 aliphatic heterocycles. The van der Waals surface area contributed by atoms with Crippen LogP contribution in [0.3, 0.4) is 0 Å². The summed E-state index contributed by atoms with van der Waals surface area (Å²) < 4.78 is 0. The van der Waals surface area contributed by atoms with Crippen molar-refractivity contribution in [2.75, 3.05) is 19.7 Å². The first-order valence-electron chi connectivity index (χ1n) is 17.8. The molecule has 0 atom stereocenters. The van der Waals surface area contributed by atoms with Gasteiger partial charge in [0.25, 0.3) is 0 Å². The van der Waals surface area contributed by atoms with Crippen LogP contribution in [0.2, 0.25) is 0 Å². The Labute approximate surface area is 258 Å². The Morgan fingerprint density at radius 2 is 0.850 bits per heavy atom. The normalized spacial score (nSPS) is 11.3. The Bertz CT molecular complexity index is 511. The van der Waals surface area contributed by atoms with Gasteiger partial charge in [-0.2, -0.15) is 0 Å². The second kappa shape index (κ2) is 36.5. The number of halogens is 1. The van der Waals surface area contributed by atoms with E-state index in [0.717, 1.165) is 25.8 Å². The molecule has 1 N–H and O–H groups in total. The Morgan fingerprint density at radius 3 is 1.25 bits per heavy atom. The lowest BCUT2D eigenvalue weighted by atomic mass is 10.0. The zero-order valence-electron chi connectivity index (χ0n) is 27.3. The molecule has 0 fully saturated rings. The smallest absolute Gasteiger partial charge is 0.222 e. The van der Waals surface area contributed by atoms with E-state index in [1.807, 2.05) is 4.90 Å². The van der Waals surface area contributed by atoms with Crippen molar-refractivity contribution in [3.05, 3.63) is 12.2 Å². The van der Waals surface area contributed by atoms with Gasteiger partial charge >= 0.3 is 0 Å². The van der Waals surface area contributed by atoms with Gasteiger partial charge in [0.05, 0.1) is 6.61 Å². The highest BCUT2D eigenvalue weighted by molar-refractivity contribution is 5.85. The molecule has 4 heteroatoms. The minimum Gasteiger partial charge on any atom is -0.395 e. The maximum Gasteiger partial charge on any atom is 0.222 e. The Morgan fingerprint density at radius 1 is 0.500 bits per heavy atom. The van der Waals surface area contributed by atoms with Gasteiger partial charge in [0, 0.05) is 19.5 Å². The molecule has 40 heavy (non-hydrogen) atoms. The molecule has 0 spiro atoms. The number of carbonyl (C=O) groups excluding carboxylic acids is 1. The third kappa shape index (κ3) is 32.0. The molecule has 0 bridgehead atoms. The number of allylic oxidation sites excluding steroid dienone is 2. The minimum atomic E-state index is 0. The van der Waals surface area contributed by atoms with Crippen LogP contribution in [0.5, 0.6) is 0 Å². The molecule has 0 unspecified atom stereocenters. The summed E-state index contributed by atoms with van der Waals surface area (Å²) in [4.78, 5) is 14.5. The van der Waals surface area contributed by atoms with Gasteiger partial charge in [-0.25, -0.2) is 0 Å². The molecule has 0 saturated carbocycles. The molecule has 0 aliphatic carbocycles. The van der Waals surface area contributed by atoms with Crippen molar-refractivity contribution in [1.29, 1.82) is 0 Å². The molecule has 0 aromatic heterocycles. The van der Waals surface area contributed by atoms with Gasteiger partial charge in [-0.1, -0.05) is 161 Å². The second-order valence-corrected chi connectivity index (χ2v) is 12.0. The van der Waals surface area contributed by atoms with Crippen molar-refractivity contribution < 1.29 is 9.90 Å². The van der Waals surface area contributed by atoms with Gasteiger partial charge < -0.3 is 10.0 Å². The van der Waals surface area contributed by atoms with E-state index in [-0.39, 0.29) is 24.9 Å². The lowest BCUT2D eigenvalue weighted by molar-refractivity contribution is -0.131. The number of rotatable bonds is 32. The number of nitrogens with zero attached hydrogens (tertiary/aromatic N) is 1. The second-order valence-electron chi connectivity index (χ2n) is 12.0. The fraction of sp³-hybridized carbons (Fsp3) is 0.917. The molecule has 0 heterocycles. The summed E-state index contributed by atoms with van der Waals surface area (Å²) in [5.41, 5.74) is 0. The lowest BCUT2D eigenvalue weighted by Crippen LogP contribution is -2.34. The van der Waals surface area contributed by atoms with E-state index in [4.69, 9.17) is 0 Å². The first-order valence-corrected chi connectivity index (χ1v) is 17.8. The van der Waals surface area contributed by atoms with Gasteiger partial charge in [-0.15, -0.1) is 12.4 Å². The van der Waals surface area contributed by atoms with Crippen molar-refractivity contribution in [3.8, 4) is 0 Å². The summed E-state index contributed by atoms with van der Waals surface area (Å²) in [5.74, 6) is 0.247. The molecule has 240 valence electrons. The Hall–Kier alpha value is -0.540. The zero-order chi connectivity index (χ0) is 28.5. The van der Waals surface area contributed by atoms with Crippen LogP contribution in [0.25, 0.3) is 0 Å². The Balaban J connectivity index is 0. The third-order valence-corrected chi connectivity index (χ3v) is 8.16. The Kier molecular flexibility index (Phi) is 37.9. The van der Waals surface area contributed by atoms with Gasteiger partial charge in [0.2, 0.25) is 5.91 Å². The molecule has 1 amide bonds. The zero-order valence-corrected chi connectivity index (χ0v) is 28.1. The molecule has 3 nitrogen and oxygen atoms in total. The number of aliphatic hydroxyl groups excluding tert-OH is 1. The summed E-state index contributed by atoms with van der Waals surface area (Å²) in [6.45, 7) is 5.96. The SMILES string of the molecule is CCCCCCCC/C=C\CCCCCCCC(=O)N(CCO)CCCCCCCCCCCCCCCC.Cl. The largest absolute Gasteiger partial charge is 0.395 e. The molecule has 0 aromatic rings. The van der Waals surface area contributed by atoms with Crippen LogP contribution < -0.4 is 0 Å². The van der Waals surface area contributed by atoms with Crippen molar-refractivity contribution in [3.63, 3.8) is 0 Å². The summed E-state index contributed by atoms with van der Waals surface area (Å²) in [6, 6.07) is 0. The fourth-order valence-electron chi connectivity index (χ4n) is 5.48. The van der Waals surface area contributed by atoms with Crippen LogP contribution in [-0.4, -0.2) is 35.6 Å². The summed E-state index contributed by atoms with van der Waals surface area (Å²) in [5, 5.41) is 9.41. The van der Waals surface area contributed by atoms with Crippen molar-refractivity contribution in [2.24, 2.45) is 0 Å². The van der Waals surface area contributed by atoms with Gasteiger partial charge in [-0.05, 0) is 38.5 Å². The van der Waals surface area contributed by atoms with E-state index in [1.54, 1.807) is 0 Å². The van der Waals surface area contributed by atoms with E-state index in [1.165, 1.54) is 154 Å². The monoisotopic (exact) mass is 586 g/mol. The van der Waals surface area contributed by atoms with E-state index < -0.39 is 0 Å². The molecule has 0 rings (SSSR count). The van der Waals surface area contributed by atoms with Crippen LogP contribution in [0, 0.1) is 0 Å². The molecular weight excluding hydrogens is 514 g/mol. The predicted molar refractivity (Wildman–Crippen MR) is 181 cm³/mol. The number of carbonyl (C=O) groups is 1. The van der Waals surface area contributed by atoms with Gasteiger partial charge in [0.15, 0.2) is 0 Å². The van der Waals surface area contributed by atoms with Crippen molar-refractivity contribution in [2.45, 2.75) is 194 Å². The van der Waals surface area contributed by atoms with E-state index in [2.05, 4.69) is 26.0 Å². The topological polar surface area (TPSA) is 40.5 Å². The molecule has 0 radical (unpaired) electrons. The van der Waals surface area contributed by atoms with E-state index in [0.29, 0.717) is 13.0 Å². The first kappa shape index (κ1) is 41.6. The fourth-order valence-corrected chi connectivity index (χ4v) is 5.48. The molecular formula is C36H72ClNO2. The lowest BCUT2D eigenvalue weighted by Gasteiger charge is -2.22. The summed E-state index contributed by atoms with van der Waals surface area (Å²) in [6.07, 6.45) is 41.0. The van der Waals surface area contributed by atoms with Crippen molar-refractivity contribution in [1.82, 2.24) is 4.90 Å². The predicted octanol–water partition coefficient (Wildman–Crippen LogP) is 11.7. The highest BCUT2D eigenvalue weighted by Gasteiger charge is 2.12. The number of hydrogen-bond donors (Lipinski definition) is 1. The van der Waals surface area contributed by atoms with E-state index in [9.17, 15) is 9.90 Å². The molecule has 0 aliphatic rings.